The summed E-state index contributed by atoms with van der Waals surface area (Å²) in [5.41, 5.74) is 4.43. The third-order valence-electron chi connectivity index (χ3n) is 4.03. The number of urea groups is 1. The van der Waals surface area contributed by atoms with Crippen LogP contribution in [0.3, 0.4) is 0 Å². The number of carbonyl (C=O) groups excluding carboxylic acids is 2. The van der Waals surface area contributed by atoms with Gasteiger partial charge < -0.3 is 9.88 Å². The Balaban J connectivity index is 1.67. The number of rotatable bonds is 3. The number of anilines is 1. The van der Waals surface area contributed by atoms with Crippen LogP contribution in [0.15, 0.2) is 42.5 Å². The van der Waals surface area contributed by atoms with Crippen LogP contribution in [-0.4, -0.2) is 21.5 Å². The number of carbonyl (C=O) groups is 2. The lowest BCUT2D eigenvalue weighted by molar-refractivity contribution is -0.120. The summed E-state index contributed by atoms with van der Waals surface area (Å²) in [5, 5.41) is 5.07. The van der Waals surface area contributed by atoms with Gasteiger partial charge in [-0.25, -0.2) is 9.78 Å². The van der Waals surface area contributed by atoms with E-state index in [1.807, 2.05) is 63.2 Å². The summed E-state index contributed by atoms with van der Waals surface area (Å²) in [6.45, 7) is 5.76. The molecule has 25 heavy (non-hydrogen) atoms. The summed E-state index contributed by atoms with van der Waals surface area (Å²) in [6, 6.07) is 12.7. The molecule has 0 saturated heterocycles. The van der Waals surface area contributed by atoms with Gasteiger partial charge in [0.15, 0.2) is 0 Å². The molecule has 0 saturated carbocycles. The van der Waals surface area contributed by atoms with Crippen molar-refractivity contribution >= 4 is 28.7 Å². The molecule has 3 rings (SSSR count). The molecule has 3 aromatic rings. The van der Waals surface area contributed by atoms with Crippen molar-refractivity contribution in [2.45, 2.75) is 27.3 Å². The number of nitrogens with one attached hydrogen (secondary N) is 2. The molecule has 0 aliphatic rings. The molecule has 0 radical (unpaired) electrons. The van der Waals surface area contributed by atoms with E-state index in [4.69, 9.17) is 0 Å². The standard InChI is InChI=1S/C19H20N4O2/c1-12-8-9-15(13(2)10-12)21-19(25)22-18(24)11-23-14(3)20-16-6-4-5-7-17(16)23/h4-10H,11H2,1-3H3,(H2,21,22,24,25). The van der Waals surface area contributed by atoms with Gasteiger partial charge in [-0.15, -0.1) is 0 Å². The molecule has 0 atom stereocenters. The van der Waals surface area contributed by atoms with Crippen molar-refractivity contribution in [2.75, 3.05) is 5.32 Å². The van der Waals surface area contributed by atoms with Crippen LogP contribution in [0.5, 0.6) is 0 Å². The summed E-state index contributed by atoms with van der Waals surface area (Å²) in [7, 11) is 0. The molecule has 0 aliphatic carbocycles. The van der Waals surface area contributed by atoms with Crippen LogP contribution < -0.4 is 10.6 Å². The molecule has 128 valence electrons. The van der Waals surface area contributed by atoms with E-state index < -0.39 is 11.9 Å². The maximum Gasteiger partial charge on any atom is 0.325 e. The van der Waals surface area contributed by atoms with Gasteiger partial charge >= 0.3 is 6.03 Å². The Bertz CT molecular complexity index is 959. The zero-order valence-electron chi connectivity index (χ0n) is 14.5. The molecule has 0 bridgehead atoms. The topological polar surface area (TPSA) is 76.0 Å². The number of imide groups is 1. The quantitative estimate of drug-likeness (QED) is 0.770. The highest BCUT2D eigenvalue weighted by atomic mass is 16.2. The largest absolute Gasteiger partial charge is 0.325 e. The van der Waals surface area contributed by atoms with Crippen molar-refractivity contribution in [3.8, 4) is 0 Å². The number of fused-ring (bicyclic) bond motifs is 1. The summed E-state index contributed by atoms with van der Waals surface area (Å²) in [5.74, 6) is 0.333. The molecule has 1 heterocycles. The average molecular weight is 336 g/mol. The number of aromatic nitrogens is 2. The van der Waals surface area contributed by atoms with Gasteiger partial charge in [-0.05, 0) is 44.5 Å². The van der Waals surface area contributed by atoms with Crippen molar-refractivity contribution in [2.24, 2.45) is 0 Å². The van der Waals surface area contributed by atoms with Crippen molar-refractivity contribution < 1.29 is 9.59 Å². The number of hydrogen-bond acceptors (Lipinski definition) is 3. The van der Waals surface area contributed by atoms with Crippen molar-refractivity contribution in [3.63, 3.8) is 0 Å². The van der Waals surface area contributed by atoms with Crippen LogP contribution in [0, 0.1) is 20.8 Å². The maximum atomic E-state index is 12.2. The third kappa shape index (κ3) is 3.68. The van der Waals surface area contributed by atoms with Gasteiger partial charge in [0, 0.05) is 5.69 Å². The monoisotopic (exact) mass is 336 g/mol. The first-order valence-electron chi connectivity index (χ1n) is 8.04. The van der Waals surface area contributed by atoms with E-state index in [2.05, 4.69) is 15.6 Å². The summed E-state index contributed by atoms with van der Waals surface area (Å²) in [4.78, 5) is 28.7. The van der Waals surface area contributed by atoms with E-state index in [0.717, 1.165) is 28.0 Å². The second-order valence-corrected chi connectivity index (χ2v) is 6.05. The normalized spacial score (nSPS) is 10.7. The SMILES string of the molecule is Cc1ccc(NC(=O)NC(=O)Cn2c(C)nc3ccccc32)c(C)c1. The van der Waals surface area contributed by atoms with E-state index in [-0.39, 0.29) is 6.54 Å². The Labute approximate surface area is 145 Å². The van der Waals surface area contributed by atoms with Gasteiger partial charge in [0.25, 0.3) is 0 Å². The predicted molar refractivity (Wildman–Crippen MR) is 97.5 cm³/mol. The second-order valence-electron chi connectivity index (χ2n) is 6.05. The maximum absolute atomic E-state index is 12.2. The molecule has 0 fully saturated rings. The Morgan fingerprint density at radius 2 is 1.84 bits per heavy atom. The van der Waals surface area contributed by atoms with Gasteiger partial charge in [-0.1, -0.05) is 29.8 Å². The van der Waals surface area contributed by atoms with Gasteiger partial charge in [0.1, 0.15) is 12.4 Å². The zero-order valence-corrected chi connectivity index (χ0v) is 14.5. The van der Waals surface area contributed by atoms with Crippen molar-refractivity contribution in [1.29, 1.82) is 0 Å². The molecule has 6 heteroatoms. The fourth-order valence-corrected chi connectivity index (χ4v) is 2.81. The Hall–Kier alpha value is -3.15. The molecule has 3 amide bonds. The first-order chi connectivity index (χ1) is 11.9. The minimum absolute atomic E-state index is 0.0344. The van der Waals surface area contributed by atoms with Gasteiger partial charge in [0.05, 0.1) is 11.0 Å². The van der Waals surface area contributed by atoms with Crippen LogP contribution in [0.1, 0.15) is 17.0 Å². The van der Waals surface area contributed by atoms with Gasteiger partial charge in [-0.3, -0.25) is 10.1 Å². The van der Waals surface area contributed by atoms with Crippen LogP contribution in [0.2, 0.25) is 0 Å². The lowest BCUT2D eigenvalue weighted by Crippen LogP contribution is -2.36. The minimum Gasteiger partial charge on any atom is -0.319 e. The summed E-state index contributed by atoms with van der Waals surface area (Å²) in [6.07, 6.45) is 0. The molecule has 6 nitrogen and oxygen atoms in total. The van der Waals surface area contributed by atoms with Crippen molar-refractivity contribution in [3.05, 3.63) is 59.4 Å². The number of para-hydroxylation sites is 2. The third-order valence-corrected chi connectivity index (χ3v) is 4.03. The fourth-order valence-electron chi connectivity index (χ4n) is 2.81. The highest BCUT2D eigenvalue weighted by Crippen LogP contribution is 2.16. The van der Waals surface area contributed by atoms with Crippen LogP contribution >= 0.6 is 0 Å². The molecule has 0 unspecified atom stereocenters. The highest BCUT2D eigenvalue weighted by Gasteiger charge is 2.13. The van der Waals surface area contributed by atoms with E-state index in [9.17, 15) is 9.59 Å². The fraction of sp³-hybridized carbons (Fsp3) is 0.211. The van der Waals surface area contributed by atoms with E-state index >= 15 is 0 Å². The highest BCUT2D eigenvalue weighted by molar-refractivity contribution is 6.01. The first kappa shape index (κ1) is 16.7. The Morgan fingerprint density at radius 3 is 2.60 bits per heavy atom. The summed E-state index contributed by atoms with van der Waals surface area (Å²) >= 11 is 0. The zero-order chi connectivity index (χ0) is 18.0. The van der Waals surface area contributed by atoms with E-state index in [0.29, 0.717) is 5.69 Å². The van der Waals surface area contributed by atoms with Crippen LogP contribution in [0.25, 0.3) is 11.0 Å². The summed E-state index contributed by atoms with van der Waals surface area (Å²) < 4.78 is 1.79. The molecule has 1 aromatic heterocycles. The molecular formula is C19H20N4O2. The molecule has 0 aliphatic heterocycles. The average Bonchev–Trinajstić information content (AvgIpc) is 2.86. The van der Waals surface area contributed by atoms with E-state index in [1.54, 1.807) is 4.57 Å². The first-order valence-corrected chi connectivity index (χ1v) is 8.04. The number of aryl methyl sites for hydroxylation is 3. The molecule has 0 spiro atoms. The van der Waals surface area contributed by atoms with Crippen molar-refractivity contribution in [1.82, 2.24) is 14.9 Å². The van der Waals surface area contributed by atoms with Gasteiger partial charge in [-0.2, -0.15) is 0 Å². The Morgan fingerprint density at radius 1 is 1.08 bits per heavy atom. The number of imidazole rings is 1. The number of hydrogen-bond donors (Lipinski definition) is 2. The van der Waals surface area contributed by atoms with Gasteiger partial charge in [0.2, 0.25) is 5.91 Å². The minimum atomic E-state index is -0.543. The van der Waals surface area contributed by atoms with Crippen LogP contribution in [0.4, 0.5) is 10.5 Å². The Kier molecular flexibility index (Phi) is 4.52. The number of amides is 3. The number of benzene rings is 2. The molecular weight excluding hydrogens is 316 g/mol. The lowest BCUT2D eigenvalue weighted by Gasteiger charge is -2.11. The smallest absolute Gasteiger partial charge is 0.319 e. The van der Waals surface area contributed by atoms with Crippen LogP contribution in [-0.2, 0) is 11.3 Å². The number of nitrogens with zero attached hydrogens (tertiary/aromatic N) is 2. The molecule has 2 N–H and O–H groups in total. The lowest BCUT2D eigenvalue weighted by atomic mass is 10.1. The molecule has 2 aromatic carbocycles. The second kappa shape index (κ2) is 6.76. The predicted octanol–water partition coefficient (Wildman–Crippen LogP) is 3.31. The van der Waals surface area contributed by atoms with E-state index in [1.165, 1.54) is 0 Å².